The third-order valence-corrected chi connectivity index (χ3v) is 4.04. The largest absolute Gasteiger partial charge is 0.414 e. The first-order valence-corrected chi connectivity index (χ1v) is 7.60. The number of aliphatic hydroxyl groups excluding tert-OH is 1. The first kappa shape index (κ1) is 18.3. The Labute approximate surface area is 137 Å². The number of aliphatic hydroxyl groups is 1. The van der Waals surface area contributed by atoms with E-state index >= 15 is 0 Å². The molecule has 0 aromatic heterocycles. The fraction of sp³-hybridized carbons (Fsp3) is 0.500. The van der Waals surface area contributed by atoms with Crippen LogP contribution in [0.5, 0.6) is 0 Å². The number of likely N-dealkylation sites (tertiary alicyclic amines) is 1. The summed E-state index contributed by atoms with van der Waals surface area (Å²) in [6.07, 6.45) is -6.79. The molecule has 1 unspecified atom stereocenters. The van der Waals surface area contributed by atoms with Gasteiger partial charge in [-0.25, -0.2) is 0 Å². The van der Waals surface area contributed by atoms with Crippen molar-refractivity contribution in [2.75, 3.05) is 18.4 Å². The molecule has 24 heavy (non-hydrogen) atoms. The van der Waals surface area contributed by atoms with Crippen LogP contribution >= 0.6 is 0 Å². The van der Waals surface area contributed by atoms with E-state index in [1.54, 1.807) is 18.2 Å². The van der Waals surface area contributed by atoms with Crippen LogP contribution in [0.2, 0.25) is 0 Å². The Morgan fingerprint density at radius 2 is 1.92 bits per heavy atom. The average molecular weight is 344 g/mol. The highest BCUT2D eigenvalue weighted by Crippen LogP contribution is 2.32. The molecular formula is C16H19F3N2O3. The van der Waals surface area contributed by atoms with Gasteiger partial charge in [-0.05, 0) is 37.0 Å². The summed E-state index contributed by atoms with van der Waals surface area (Å²) < 4.78 is 37.6. The number of carbonyl (C=O) groups excluding carboxylic acids is 2. The van der Waals surface area contributed by atoms with Gasteiger partial charge >= 0.3 is 6.18 Å². The van der Waals surface area contributed by atoms with Crippen molar-refractivity contribution in [2.24, 2.45) is 5.92 Å². The van der Waals surface area contributed by atoms with Crippen LogP contribution in [0, 0.1) is 5.92 Å². The highest BCUT2D eigenvalue weighted by Gasteiger charge is 2.44. The summed E-state index contributed by atoms with van der Waals surface area (Å²) >= 11 is 0. The number of nitrogens with zero attached hydrogens (tertiary/aromatic N) is 1. The fourth-order valence-electron chi connectivity index (χ4n) is 2.80. The molecule has 0 spiro atoms. The van der Waals surface area contributed by atoms with E-state index in [0.717, 1.165) is 0 Å². The quantitative estimate of drug-likeness (QED) is 0.885. The van der Waals surface area contributed by atoms with Gasteiger partial charge in [0.25, 0.3) is 5.91 Å². The van der Waals surface area contributed by atoms with Gasteiger partial charge in [0.05, 0.1) is 0 Å². The lowest BCUT2D eigenvalue weighted by molar-refractivity contribution is -0.222. The molecule has 1 aromatic rings. The van der Waals surface area contributed by atoms with Crippen LogP contribution in [0.15, 0.2) is 24.3 Å². The van der Waals surface area contributed by atoms with Crippen molar-refractivity contribution in [1.29, 1.82) is 0 Å². The number of piperidine rings is 1. The maximum absolute atomic E-state index is 12.5. The Kier molecular flexibility index (Phi) is 5.48. The minimum atomic E-state index is -4.64. The van der Waals surface area contributed by atoms with E-state index in [0.29, 0.717) is 11.3 Å². The number of nitrogens with one attached hydrogen (secondary N) is 1. The average Bonchev–Trinajstić information content (AvgIpc) is 2.52. The molecule has 1 heterocycles. The number of amides is 2. The number of alkyl halides is 3. The van der Waals surface area contributed by atoms with Crippen LogP contribution in [0.3, 0.4) is 0 Å². The van der Waals surface area contributed by atoms with Crippen LogP contribution in [-0.4, -0.2) is 47.2 Å². The van der Waals surface area contributed by atoms with Crippen molar-refractivity contribution in [3.63, 3.8) is 0 Å². The lowest BCUT2D eigenvalue weighted by Gasteiger charge is -2.34. The van der Waals surface area contributed by atoms with E-state index in [9.17, 15) is 27.9 Å². The predicted octanol–water partition coefficient (Wildman–Crippen LogP) is 2.42. The van der Waals surface area contributed by atoms with Crippen LogP contribution < -0.4 is 5.32 Å². The maximum atomic E-state index is 12.5. The number of halogens is 3. The highest BCUT2D eigenvalue weighted by atomic mass is 19.4. The summed E-state index contributed by atoms with van der Waals surface area (Å²) in [6, 6.07) is 6.38. The van der Waals surface area contributed by atoms with Gasteiger partial charge in [-0.1, -0.05) is 6.07 Å². The SMILES string of the molecule is CC(=O)Nc1cccc(C(=O)N2CCC(C(O)C(F)(F)F)CC2)c1. The van der Waals surface area contributed by atoms with Crippen molar-refractivity contribution in [2.45, 2.75) is 32.0 Å². The molecule has 2 rings (SSSR count). The first-order valence-electron chi connectivity index (χ1n) is 7.60. The minimum absolute atomic E-state index is 0.0950. The Bertz CT molecular complexity index is 611. The normalized spacial score (nSPS) is 17.5. The molecule has 0 bridgehead atoms. The number of benzene rings is 1. The minimum Gasteiger partial charge on any atom is -0.383 e. The molecular weight excluding hydrogens is 325 g/mol. The molecule has 5 nitrogen and oxygen atoms in total. The fourth-order valence-corrected chi connectivity index (χ4v) is 2.80. The second-order valence-corrected chi connectivity index (χ2v) is 5.88. The summed E-state index contributed by atoms with van der Waals surface area (Å²) in [4.78, 5) is 25.0. The number of carbonyl (C=O) groups is 2. The van der Waals surface area contributed by atoms with Crippen LogP contribution in [0.1, 0.15) is 30.1 Å². The summed E-state index contributed by atoms with van der Waals surface area (Å²) in [7, 11) is 0. The van der Waals surface area contributed by atoms with Gasteiger partial charge in [0.2, 0.25) is 5.91 Å². The molecule has 1 fully saturated rings. The lowest BCUT2D eigenvalue weighted by Crippen LogP contribution is -2.45. The van der Waals surface area contributed by atoms with Crippen molar-refractivity contribution in [3.05, 3.63) is 29.8 Å². The molecule has 1 atom stereocenters. The number of rotatable bonds is 3. The molecule has 1 aliphatic rings. The number of hydrogen-bond acceptors (Lipinski definition) is 3. The van der Waals surface area contributed by atoms with Crippen LogP contribution in [0.4, 0.5) is 18.9 Å². The Balaban J connectivity index is 1.99. The van der Waals surface area contributed by atoms with Crippen LogP contribution in [0.25, 0.3) is 0 Å². The smallest absolute Gasteiger partial charge is 0.383 e. The molecule has 0 radical (unpaired) electrons. The molecule has 2 N–H and O–H groups in total. The topological polar surface area (TPSA) is 69.6 Å². The van der Waals surface area contributed by atoms with Crippen molar-refractivity contribution < 1.29 is 27.9 Å². The molecule has 2 amide bonds. The summed E-state index contributed by atoms with van der Waals surface area (Å²) in [5.41, 5.74) is 0.840. The van der Waals surface area contributed by atoms with Gasteiger partial charge in [0.1, 0.15) is 0 Å². The van der Waals surface area contributed by atoms with Gasteiger partial charge in [0.15, 0.2) is 6.10 Å². The third-order valence-electron chi connectivity index (χ3n) is 4.04. The predicted molar refractivity (Wildman–Crippen MR) is 81.4 cm³/mol. The zero-order valence-electron chi connectivity index (χ0n) is 13.1. The summed E-state index contributed by atoms with van der Waals surface area (Å²) in [6.45, 7) is 1.66. The van der Waals surface area contributed by atoms with Gasteiger partial charge < -0.3 is 15.3 Å². The molecule has 132 valence electrons. The molecule has 8 heteroatoms. The first-order chi connectivity index (χ1) is 11.2. The van der Waals surface area contributed by atoms with E-state index in [4.69, 9.17) is 0 Å². The van der Waals surface area contributed by atoms with Crippen molar-refractivity contribution in [1.82, 2.24) is 4.90 Å². The monoisotopic (exact) mass is 344 g/mol. The number of anilines is 1. The summed E-state index contributed by atoms with van der Waals surface area (Å²) in [5, 5.41) is 11.9. The van der Waals surface area contributed by atoms with E-state index in [1.165, 1.54) is 17.9 Å². The number of hydrogen-bond donors (Lipinski definition) is 2. The van der Waals surface area contributed by atoms with E-state index in [-0.39, 0.29) is 37.7 Å². The Hall–Kier alpha value is -2.09. The van der Waals surface area contributed by atoms with E-state index < -0.39 is 18.2 Å². The molecule has 1 saturated heterocycles. The highest BCUT2D eigenvalue weighted by molar-refractivity contribution is 5.96. The zero-order chi connectivity index (χ0) is 17.9. The lowest BCUT2D eigenvalue weighted by atomic mass is 9.90. The van der Waals surface area contributed by atoms with Gasteiger partial charge in [-0.3, -0.25) is 9.59 Å². The molecule has 1 aromatic carbocycles. The standard InChI is InChI=1S/C16H19F3N2O3/c1-10(22)20-13-4-2-3-12(9-13)15(24)21-7-5-11(6-8-21)14(23)16(17,18)19/h2-4,9,11,14,23H,5-8H2,1H3,(H,20,22). The van der Waals surface area contributed by atoms with Gasteiger partial charge in [0, 0.05) is 31.3 Å². The van der Waals surface area contributed by atoms with Crippen LogP contribution in [-0.2, 0) is 4.79 Å². The second kappa shape index (κ2) is 7.21. The van der Waals surface area contributed by atoms with E-state index in [2.05, 4.69) is 5.32 Å². The summed E-state index contributed by atoms with van der Waals surface area (Å²) in [5.74, 6) is -1.46. The van der Waals surface area contributed by atoms with Gasteiger partial charge in [-0.2, -0.15) is 13.2 Å². The molecule has 0 aliphatic carbocycles. The van der Waals surface area contributed by atoms with Gasteiger partial charge in [-0.15, -0.1) is 0 Å². The van der Waals surface area contributed by atoms with E-state index in [1.807, 2.05) is 0 Å². The Morgan fingerprint density at radius 3 is 2.46 bits per heavy atom. The zero-order valence-corrected chi connectivity index (χ0v) is 13.1. The van der Waals surface area contributed by atoms with Crippen molar-refractivity contribution >= 4 is 17.5 Å². The maximum Gasteiger partial charge on any atom is 0.414 e. The molecule has 0 saturated carbocycles. The van der Waals surface area contributed by atoms with Crippen molar-refractivity contribution in [3.8, 4) is 0 Å². The molecule has 1 aliphatic heterocycles. The second-order valence-electron chi connectivity index (χ2n) is 5.88. The Morgan fingerprint density at radius 1 is 1.29 bits per heavy atom. The third kappa shape index (κ3) is 4.47.